The van der Waals surface area contributed by atoms with Crippen LogP contribution in [-0.4, -0.2) is 43.2 Å². The van der Waals surface area contributed by atoms with E-state index in [2.05, 4.69) is 15.9 Å². The summed E-state index contributed by atoms with van der Waals surface area (Å²) >= 11 is 3.53. The number of rotatable bonds is 5. The molecule has 0 amide bonds. The zero-order valence-electron chi connectivity index (χ0n) is 19.5. The smallest absolute Gasteiger partial charge is 0.352 e. The summed E-state index contributed by atoms with van der Waals surface area (Å²) < 4.78 is 17.9. The van der Waals surface area contributed by atoms with Gasteiger partial charge in [-0.1, -0.05) is 34.1 Å². The Balaban J connectivity index is 1.75. The van der Waals surface area contributed by atoms with Crippen LogP contribution in [0.5, 0.6) is 0 Å². The van der Waals surface area contributed by atoms with E-state index in [1.165, 1.54) is 26.0 Å². The van der Waals surface area contributed by atoms with Crippen molar-refractivity contribution in [2.45, 2.75) is 26.1 Å². The summed E-state index contributed by atoms with van der Waals surface area (Å²) in [4.78, 5) is 35.6. The number of halogens is 1. The summed E-state index contributed by atoms with van der Waals surface area (Å²) in [5.74, 6) is -2.25. The molecule has 3 aliphatic rings. The van der Waals surface area contributed by atoms with Crippen molar-refractivity contribution in [1.82, 2.24) is 5.06 Å². The summed E-state index contributed by atoms with van der Waals surface area (Å²) in [7, 11) is 1.53. The number of carbonyl (C=O) groups is 2. The molecule has 3 aliphatic heterocycles. The minimum absolute atomic E-state index is 0.142. The fourth-order valence-corrected chi connectivity index (χ4v) is 4.69. The van der Waals surface area contributed by atoms with Crippen LogP contribution < -0.4 is 9.80 Å². The number of hydroxylamine groups is 2. The van der Waals surface area contributed by atoms with Gasteiger partial charge >= 0.3 is 11.9 Å². The fourth-order valence-electron chi connectivity index (χ4n) is 4.28. The van der Waals surface area contributed by atoms with Gasteiger partial charge in [-0.15, -0.1) is 0 Å². The molecule has 0 unspecified atom stereocenters. The number of fused-ring (bicyclic) bond motifs is 1. The van der Waals surface area contributed by atoms with Gasteiger partial charge in [0.15, 0.2) is 12.3 Å². The largest absolute Gasteiger partial charge is 0.454 e. The average molecular weight is 542 g/mol. The first-order chi connectivity index (χ1) is 16.8. The van der Waals surface area contributed by atoms with Crippen molar-refractivity contribution in [2.24, 2.45) is 0 Å². The van der Waals surface area contributed by atoms with Gasteiger partial charge in [0.2, 0.25) is 5.88 Å². The second-order valence-electron chi connectivity index (χ2n) is 8.56. The predicted octanol–water partition coefficient (Wildman–Crippen LogP) is 4.02. The first-order valence-corrected chi connectivity index (χ1v) is 11.8. The molecule has 35 heavy (non-hydrogen) atoms. The molecule has 0 aromatic heterocycles. The topological polar surface area (TPSA) is 80.8 Å². The van der Waals surface area contributed by atoms with Crippen LogP contribution >= 0.6 is 15.9 Å². The zero-order chi connectivity index (χ0) is 24.7. The molecule has 2 aromatic rings. The van der Waals surface area contributed by atoms with Crippen LogP contribution in [-0.2, 0) is 35.1 Å². The van der Waals surface area contributed by atoms with Gasteiger partial charge in [0.05, 0.1) is 19.0 Å². The molecule has 0 bridgehead atoms. The third kappa shape index (κ3) is 4.35. The first-order valence-electron chi connectivity index (χ1n) is 11.0. The highest BCUT2D eigenvalue weighted by Gasteiger charge is 2.45. The normalized spacial score (nSPS) is 18.5. The van der Waals surface area contributed by atoms with E-state index in [9.17, 15) is 9.59 Å². The molecular weight excluding hydrogens is 518 g/mol. The highest BCUT2D eigenvalue weighted by molar-refractivity contribution is 9.10. The molecule has 0 radical (unpaired) electrons. The lowest BCUT2D eigenvalue weighted by Gasteiger charge is -2.37. The number of ether oxygens (including phenoxy) is 3. The highest BCUT2D eigenvalue weighted by Crippen LogP contribution is 2.40. The fraction of sp³-hybridized carbons (Fsp3) is 0.280. The molecule has 1 saturated heterocycles. The standard InChI is InChI=1S/C25H24BrN3O6/c1-25(2)34-23(30)21(24(31)35-25)22(28-12-11-16-13-17(26)9-10-19(16)28)29(18-7-5-4-6-8-18)20-14-27(32-3)15-33-20/h4-10,13-14H,11-12,15H2,1-3H3. The number of esters is 2. The van der Waals surface area contributed by atoms with Crippen LogP contribution in [0.4, 0.5) is 11.4 Å². The van der Waals surface area contributed by atoms with Crippen LogP contribution in [0.15, 0.2) is 76.5 Å². The Labute approximate surface area is 211 Å². The van der Waals surface area contributed by atoms with E-state index in [1.807, 2.05) is 53.4 Å². The Hall–Kier alpha value is -3.50. The third-order valence-corrected chi connectivity index (χ3v) is 6.27. The predicted molar refractivity (Wildman–Crippen MR) is 130 cm³/mol. The Bertz CT molecular complexity index is 1220. The molecule has 0 N–H and O–H groups in total. The van der Waals surface area contributed by atoms with Gasteiger partial charge in [-0.25, -0.2) is 14.7 Å². The number of cyclic esters (lactones) is 2. The van der Waals surface area contributed by atoms with Crippen LogP contribution in [0.25, 0.3) is 0 Å². The monoisotopic (exact) mass is 541 g/mol. The van der Waals surface area contributed by atoms with E-state index in [1.54, 1.807) is 11.1 Å². The molecular formula is C25H24BrN3O6. The van der Waals surface area contributed by atoms with Crippen LogP contribution in [0.3, 0.4) is 0 Å². The molecule has 182 valence electrons. The van der Waals surface area contributed by atoms with Gasteiger partial charge in [0, 0.05) is 30.6 Å². The first kappa shape index (κ1) is 23.3. The Morgan fingerprint density at radius 2 is 1.80 bits per heavy atom. The molecule has 1 fully saturated rings. The average Bonchev–Trinajstić information content (AvgIpc) is 3.44. The molecule has 5 rings (SSSR count). The van der Waals surface area contributed by atoms with Crippen molar-refractivity contribution in [3.63, 3.8) is 0 Å². The van der Waals surface area contributed by atoms with E-state index in [0.717, 1.165) is 15.7 Å². The number of hydrogen-bond donors (Lipinski definition) is 0. The van der Waals surface area contributed by atoms with Gasteiger partial charge in [-0.2, -0.15) is 0 Å². The maximum Gasteiger partial charge on any atom is 0.352 e. The molecule has 10 heteroatoms. The van der Waals surface area contributed by atoms with Crippen molar-refractivity contribution in [3.05, 3.63) is 82.0 Å². The Morgan fingerprint density at radius 1 is 1.09 bits per heavy atom. The maximum atomic E-state index is 13.3. The number of hydrogen-bond acceptors (Lipinski definition) is 9. The van der Waals surface area contributed by atoms with Crippen molar-refractivity contribution in [1.29, 1.82) is 0 Å². The number of benzene rings is 2. The minimum atomic E-state index is -1.37. The SMILES string of the molecule is CON1C=C(N(C(=C2C(=O)OC(C)(C)OC2=O)N2CCc3cc(Br)ccc32)c2ccccc2)OC1. The van der Waals surface area contributed by atoms with Crippen molar-refractivity contribution in [3.8, 4) is 0 Å². The number of anilines is 2. The maximum absolute atomic E-state index is 13.3. The lowest BCUT2D eigenvalue weighted by Crippen LogP contribution is -2.46. The second-order valence-corrected chi connectivity index (χ2v) is 9.48. The Morgan fingerprint density at radius 3 is 2.46 bits per heavy atom. The lowest BCUT2D eigenvalue weighted by molar-refractivity contribution is -0.222. The minimum Gasteiger partial charge on any atom is -0.454 e. The molecule has 3 heterocycles. The molecule has 2 aromatic carbocycles. The zero-order valence-corrected chi connectivity index (χ0v) is 21.1. The number of nitrogens with zero attached hydrogens (tertiary/aromatic N) is 3. The summed E-state index contributed by atoms with van der Waals surface area (Å²) in [5, 5.41) is 1.50. The number of para-hydroxylation sites is 1. The van der Waals surface area contributed by atoms with Gasteiger partial charge in [0.25, 0.3) is 5.79 Å². The van der Waals surface area contributed by atoms with Gasteiger partial charge in [-0.3, -0.25) is 9.74 Å². The highest BCUT2D eigenvalue weighted by atomic mass is 79.9. The van der Waals surface area contributed by atoms with Gasteiger partial charge in [-0.05, 0) is 42.3 Å². The molecule has 0 spiro atoms. The summed E-state index contributed by atoms with van der Waals surface area (Å²) in [6.07, 6.45) is 2.38. The quantitative estimate of drug-likeness (QED) is 0.316. The van der Waals surface area contributed by atoms with Crippen LogP contribution in [0.2, 0.25) is 0 Å². The summed E-state index contributed by atoms with van der Waals surface area (Å²) in [6.45, 7) is 3.72. The summed E-state index contributed by atoms with van der Waals surface area (Å²) in [6, 6.07) is 15.2. The molecule has 0 atom stereocenters. The summed E-state index contributed by atoms with van der Waals surface area (Å²) in [5.41, 5.74) is 2.40. The van der Waals surface area contributed by atoms with E-state index < -0.39 is 17.7 Å². The molecule has 0 aliphatic carbocycles. The van der Waals surface area contributed by atoms with Gasteiger partial charge in [0.1, 0.15) is 5.82 Å². The third-order valence-electron chi connectivity index (χ3n) is 5.78. The van der Waals surface area contributed by atoms with E-state index in [0.29, 0.717) is 24.5 Å². The lowest BCUT2D eigenvalue weighted by atomic mass is 10.1. The second kappa shape index (κ2) is 8.94. The van der Waals surface area contributed by atoms with Crippen LogP contribution in [0.1, 0.15) is 19.4 Å². The molecule has 0 saturated carbocycles. The van der Waals surface area contributed by atoms with Crippen molar-refractivity contribution < 1.29 is 28.6 Å². The van der Waals surface area contributed by atoms with E-state index in [4.69, 9.17) is 19.0 Å². The molecule has 9 nitrogen and oxygen atoms in total. The van der Waals surface area contributed by atoms with Crippen molar-refractivity contribution in [2.75, 3.05) is 30.2 Å². The van der Waals surface area contributed by atoms with Gasteiger partial charge < -0.3 is 19.1 Å². The van der Waals surface area contributed by atoms with E-state index in [-0.39, 0.29) is 18.1 Å². The Kier molecular flexibility index (Phi) is 5.94. The van der Waals surface area contributed by atoms with Crippen LogP contribution in [0, 0.1) is 0 Å². The van der Waals surface area contributed by atoms with Crippen molar-refractivity contribution >= 4 is 39.2 Å². The number of carbonyl (C=O) groups excluding carboxylic acids is 2. The van der Waals surface area contributed by atoms with E-state index >= 15 is 0 Å².